The first-order valence-corrected chi connectivity index (χ1v) is 9.69. The molecular weight excluding hydrogens is 355 g/mol. The van der Waals surface area contributed by atoms with Crippen molar-refractivity contribution in [3.63, 3.8) is 0 Å². The molecule has 0 aliphatic carbocycles. The molecule has 0 spiro atoms. The Morgan fingerprint density at radius 3 is 2.89 bits per heavy atom. The summed E-state index contributed by atoms with van der Waals surface area (Å²) in [5.74, 6) is -0.0376. The molecule has 1 fully saturated rings. The summed E-state index contributed by atoms with van der Waals surface area (Å²) < 4.78 is 13.3. The highest BCUT2D eigenvalue weighted by atomic mass is 19.1. The molecule has 1 aromatic carbocycles. The van der Waals surface area contributed by atoms with Crippen LogP contribution < -0.4 is 0 Å². The fraction of sp³-hybridized carbons (Fsp3) is 0.318. The van der Waals surface area contributed by atoms with Crippen LogP contribution in [0.2, 0.25) is 0 Å². The van der Waals surface area contributed by atoms with Crippen molar-refractivity contribution in [1.29, 1.82) is 0 Å². The smallest absolute Gasteiger partial charge is 0.253 e. The number of rotatable bonds is 4. The average molecular weight is 378 g/mol. The molecule has 4 rings (SSSR count). The molecular formula is C22H23FN4O. The van der Waals surface area contributed by atoms with Gasteiger partial charge in [0, 0.05) is 47.7 Å². The number of aryl methyl sites for hydroxylation is 1. The quantitative estimate of drug-likeness (QED) is 0.740. The molecule has 1 atom stereocenters. The second kappa shape index (κ2) is 7.92. The summed E-state index contributed by atoms with van der Waals surface area (Å²) in [6.07, 6.45) is 6.20. The molecule has 1 unspecified atom stereocenters. The van der Waals surface area contributed by atoms with Crippen molar-refractivity contribution < 1.29 is 9.18 Å². The van der Waals surface area contributed by atoms with Crippen molar-refractivity contribution in [1.82, 2.24) is 20.1 Å². The Morgan fingerprint density at radius 1 is 1.29 bits per heavy atom. The van der Waals surface area contributed by atoms with Gasteiger partial charge < -0.3 is 4.90 Å². The first kappa shape index (κ1) is 18.3. The number of hydrogen-bond donors (Lipinski definition) is 1. The highest BCUT2D eigenvalue weighted by Crippen LogP contribution is 2.33. The third kappa shape index (κ3) is 3.67. The molecule has 1 N–H and O–H groups in total. The van der Waals surface area contributed by atoms with Gasteiger partial charge in [-0.25, -0.2) is 4.39 Å². The lowest BCUT2D eigenvalue weighted by Gasteiger charge is -2.33. The summed E-state index contributed by atoms with van der Waals surface area (Å²) in [6.45, 7) is 3.42. The topological polar surface area (TPSA) is 61.9 Å². The number of carbonyl (C=O) groups is 1. The number of nitrogens with zero attached hydrogens (tertiary/aromatic N) is 3. The van der Waals surface area contributed by atoms with Crippen LogP contribution in [0, 0.1) is 5.82 Å². The number of piperidine rings is 1. The second-order valence-electron chi connectivity index (χ2n) is 7.18. The minimum atomic E-state index is -0.257. The molecule has 0 radical (unpaired) electrons. The van der Waals surface area contributed by atoms with Gasteiger partial charge in [0.2, 0.25) is 0 Å². The zero-order valence-corrected chi connectivity index (χ0v) is 15.9. The molecule has 28 heavy (non-hydrogen) atoms. The summed E-state index contributed by atoms with van der Waals surface area (Å²) >= 11 is 0. The summed E-state index contributed by atoms with van der Waals surface area (Å²) in [5.41, 5.74) is 4.52. The Labute approximate surface area is 163 Å². The van der Waals surface area contributed by atoms with Crippen molar-refractivity contribution in [2.45, 2.75) is 32.1 Å². The zero-order chi connectivity index (χ0) is 19.5. The van der Waals surface area contributed by atoms with Crippen LogP contribution >= 0.6 is 0 Å². The lowest BCUT2D eigenvalue weighted by atomic mass is 9.90. The molecule has 2 aromatic heterocycles. The van der Waals surface area contributed by atoms with E-state index in [-0.39, 0.29) is 17.6 Å². The number of likely N-dealkylation sites (tertiary alicyclic amines) is 1. The molecule has 1 aliphatic heterocycles. The van der Waals surface area contributed by atoms with Gasteiger partial charge in [-0.2, -0.15) is 5.10 Å². The largest absolute Gasteiger partial charge is 0.338 e. The number of nitrogens with one attached hydrogen (secondary N) is 1. The summed E-state index contributed by atoms with van der Waals surface area (Å²) in [5, 5.41) is 7.33. The lowest BCUT2D eigenvalue weighted by molar-refractivity contribution is 0.0705. The van der Waals surface area contributed by atoms with E-state index in [1.165, 1.54) is 12.1 Å². The Balaban J connectivity index is 1.55. The van der Waals surface area contributed by atoms with Gasteiger partial charge in [-0.3, -0.25) is 14.9 Å². The number of amides is 1. The van der Waals surface area contributed by atoms with Gasteiger partial charge in [0.1, 0.15) is 5.82 Å². The van der Waals surface area contributed by atoms with Gasteiger partial charge in [-0.05, 0) is 49.1 Å². The highest BCUT2D eigenvalue weighted by molar-refractivity contribution is 5.94. The predicted molar refractivity (Wildman–Crippen MR) is 105 cm³/mol. The van der Waals surface area contributed by atoms with E-state index < -0.39 is 0 Å². The van der Waals surface area contributed by atoms with Crippen molar-refractivity contribution >= 4 is 5.91 Å². The fourth-order valence-corrected chi connectivity index (χ4v) is 3.85. The summed E-state index contributed by atoms with van der Waals surface area (Å²) in [7, 11) is 0. The molecule has 6 heteroatoms. The Kier molecular flexibility index (Phi) is 5.19. The number of H-pyrrole nitrogens is 1. The molecule has 0 saturated carbocycles. The normalized spacial score (nSPS) is 16.9. The standard InChI is InChI=1S/C22H23FN4O/c1-2-19-12-16(9-10-24-19)22(28)27-11-3-4-17(14-27)21-20(13-25-26-21)15-5-7-18(23)8-6-15/h5-10,12-13,17H,2-4,11,14H2,1H3,(H,25,26). The number of aromatic amines is 1. The molecule has 144 valence electrons. The van der Waals surface area contributed by atoms with Crippen molar-refractivity contribution in [3.05, 3.63) is 71.6 Å². The van der Waals surface area contributed by atoms with Crippen LogP contribution in [0.3, 0.4) is 0 Å². The third-order valence-corrected chi connectivity index (χ3v) is 5.37. The van der Waals surface area contributed by atoms with E-state index in [0.717, 1.165) is 48.3 Å². The van der Waals surface area contributed by atoms with E-state index in [1.807, 2.05) is 17.9 Å². The van der Waals surface area contributed by atoms with Gasteiger partial charge in [0.25, 0.3) is 5.91 Å². The minimum Gasteiger partial charge on any atom is -0.338 e. The molecule has 0 bridgehead atoms. The van der Waals surface area contributed by atoms with E-state index in [1.54, 1.807) is 30.6 Å². The van der Waals surface area contributed by atoms with Crippen molar-refractivity contribution in [2.75, 3.05) is 13.1 Å². The van der Waals surface area contributed by atoms with Gasteiger partial charge in [0.05, 0.1) is 6.20 Å². The number of carbonyl (C=O) groups excluding carboxylic acids is 1. The maximum absolute atomic E-state index is 13.3. The van der Waals surface area contributed by atoms with Crippen LogP contribution in [-0.2, 0) is 6.42 Å². The first-order chi connectivity index (χ1) is 13.7. The molecule has 1 saturated heterocycles. The number of aromatic nitrogens is 3. The van der Waals surface area contributed by atoms with Gasteiger partial charge in [0.15, 0.2) is 0 Å². The summed E-state index contributed by atoms with van der Waals surface area (Å²) in [4.78, 5) is 19.2. The Bertz CT molecular complexity index is 967. The number of hydrogen-bond acceptors (Lipinski definition) is 3. The number of pyridine rings is 1. The molecule has 1 amide bonds. The zero-order valence-electron chi connectivity index (χ0n) is 15.9. The third-order valence-electron chi connectivity index (χ3n) is 5.37. The van der Waals surface area contributed by atoms with E-state index >= 15 is 0 Å². The van der Waals surface area contributed by atoms with Crippen LogP contribution in [0.5, 0.6) is 0 Å². The molecule has 3 aromatic rings. The SMILES string of the molecule is CCc1cc(C(=O)N2CCCC(c3[nH]ncc3-c3ccc(F)cc3)C2)ccn1. The Hall–Kier alpha value is -3.02. The monoisotopic (exact) mass is 378 g/mol. The van der Waals surface area contributed by atoms with Crippen LogP contribution in [0.25, 0.3) is 11.1 Å². The van der Waals surface area contributed by atoms with Gasteiger partial charge in [-0.15, -0.1) is 0 Å². The van der Waals surface area contributed by atoms with Crippen LogP contribution in [0.15, 0.2) is 48.8 Å². The fourth-order valence-electron chi connectivity index (χ4n) is 3.85. The van der Waals surface area contributed by atoms with Gasteiger partial charge >= 0.3 is 0 Å². The second-order valence-corrected chi connectivity index (χ2v) is 7.18. The van der Waals surface area contributed by atoms with E-state index in [4.69, 9.17) is 0 Å². The number of halogens is 1. The van der Waals surface area contributed by atoms with E-state index in [9.17, 15) is 9.18 Å². The van der Waals surface area contributed by atoms with Crippen molar-refractivity contribution in [3.8, 4) is 11.1 Å². The first-order valence-electron chi connectivity index (χ1n) is 9.69. The van der Waals surface area contributed by atoms with Crippen LogP contribution in [-0.4, -0.2) is 39.1 Å². The van der Waals surface area contributed by atoms with E-state index in [2.05, 4.69) is 15.2 Å². The molecule has 1 aliphatic rings. The van der Waals surface area contributed by atoms with Crippen LogP contribution in [0.4, 0.5) is 4.39 Å². The number of benzene rings is 1. The van der Waals surface area contributed by atoms with Gasteiger partial charge in [-0.1, -0.05) is 19.1 Å². The van der Waals surface area contributed by atoms with Crippen LogP contribution in [0.1, 0.15) is 47.4 Å². The molecule has 5 nitrogen and oxygen atoms in total. The maximum Gasteiger partial charge on any atom is 0.253 e. The average Bonchev–Trinajstić information content (AvgIpc) is 3.24. The minimum absolute atomic E-state index is 0.0460. The highest BCUT2D eigenvalue weighted by Gasteiger charge is 2.28. The predicted octanol–water partition coefficient (Wildman–Crippen LogP) is 4.19. The summed E-state index contributed by atoms with van der Waals surface area (Å²) in [6, 6.07) is 10.1. The maximum atomic E-state index is 13.3. The van der Waals surface area contributed by atoms with Crippen molar-refractivity contribution in [2.24, 2.45) is 0 Å². The molecule has 3 heterocycles. The Morgan fingerprint density at radius 2 is 2.11 bits per heavy atom. The lowest BCUT2D eigenvalue weighted by Crippen LogP contribution is -2.39. The van der Waals surface area contributed by atoms with E-state index in [0.29, 0.717) is 12.1 Å².